The van der Waals surface area contributed by atoms with Crippen molar-refractivity contribution in [2.45, 2.75) is 17.9 Å². The van der Waals surface area contributed by atoms with Crippen LogP contribution in [0.2, 0.25) is 0 Å². The van der Waals surface area contributed by atoms with Gasteiger partial charge in [0.2, 0.25) is 0 Å². The van der Waals surface area contributed by atoms with Crippen LogP contribution in [0.5, 0.6) is 11.5 Å². The zero-order chi connectivity index (χ0) is 24.0. The number of carbonyl (C=O) groups is 1. The molecule has 0 fully saturated rings. The number of benzene rings is 3. The molecule has 33 heavy (non-hydrogen) atoms. The van der Waals surface area contributed by atoms with Crippen LogP contribution >= 0.6 is 0 Å². The number of amides is 1. The fourth-order valence-electron chi connectivity index (χ4n) is 3.01. The van der Waals surface area contributed by atoms with Crippen LogP contribution in [-0.2, 0) is 10.0 Å². The maximum Gasteiger partial charge on any atom is 0.264 e. The maximum absolute atomic E-state index is 13.7. The van der Waals surface area contributed by atoms with Crippen LogP contribution in [0.3, 0.4) is 0 Å². The Bertz CT molecular complexity index is 1220. The Morgan fingerprint density at radius 1 is 1.06 bits per heavy atom. The topological polar surface area (TPSA) is 84.9 Å². The smallest absolute Gasteiger partial charge is 0.264 e. The highest BCUT2D eigenvalue weighted by molar-refractivity contribution is 7.92. The lowest BCUT2D eigenvalue weighted by molar-refractivity contribution is 0.0926. The molecule has 7 nitrogen and oxygen atoms in total. The summed E-state index contributed by atoms with van der Waals surface area (Å²) in [5.74, 6) is -0.261. The predicted octanol–water partition coefficient (Wildman–Crippen LogP) is 3.86. The predicted molar refractivity (Wildman–Crippen MR) is 124 cm³/mol. The molecule has 3 aromatic rings. The van der Waals surface area contributed by atoms with E-state index in [1.54, 1.807) is 43.3 Å². The summed E-state index contributed by atoms with van der Waals surface area (Å²) in [5.41, 5.74) is 0.626. The molecule has 3 rings (SSSR count). The fraction of sp³-hybridized carbons (Fsp3) is 0.208. The summed E-state index contributed by atoms with van der Waals surface area (Å²) in [6.45, 7) is 1.75. The highest BCUT2D eigenvalue weighted by Gasteiger charge is 2.23. The number of hydrogen-bond acceptors (Lipinski definition) is 5. The van der Waals surface area contributed by atoms with E-state index < -0.39 is 27.8 Å². The molecule has 174 valence electrons. The standard InChI is InChI=1S/C24H25FN2O5S/c1-17(16-32-23-10-5-4-9-22(23)25)26-24(28)18-7-6-8-21(15-18)33(29,30)27(2)19-11-13-20(31-3)14-12-19/h4-15,17H,16H2,1-3H3,(H,26,28). The second-order valence-electron chi connectivity index (χ2n) is 7.31. The molecule has 3 aromatic carbocycles. The largest absolute Gasteiger partial charge is 0.497 e. The van der Waals surface area contributed by atoms with Crippen molar-refractivity contribution in [3.8, 4) is 11.5 Å². The first kappa shape index (κ1) is 24.1. The van der Waals surface area contributed by atoms with Crippen molar-refractivity contribution < 1.29 is 27.1 Å². The van der Waals surface area contributed by atoms with Gasteiger partial charge < -0.3 is 14.8 Å². The van der Waals surface area contributed by atoms with E-state index in [0.717, 1.165) is 4.31 Å². The first-order valence-corrected chi connectivity index (χ1v) is 11.6. The zero-order valence-corrected chi connectivity index (χ0v) is 19.3. The molecule has 0 radical (unpaired) electrons. The maximum atomic E-state index is 13.7. The molecule has 0 heterocycles. The van der Waals surface area contributed by atoms with Gasteiger partial charge in [-0.1, -0.05) is 18.2 Å². The van der Waals surface area contributed by atoms with E-state index >= 15 is 0 Å². The molecule has 9 heteroatoms. The second kappa shape index (κ2) is 10.4. The lowest BCUT2D eigenvalue weighted by Crippen LogP contribution is -2.37. The van der Waals surface area contributed by atoms with Crippen molar-refractivity contribution in [1.82, 2.24) is 5.32 Å². The summed E-state index contributed by atoms with van der Waals surface area (Å²) in [5, 5.41) is 2.73. The van der Waals surface area contributed by atoms with Crippen molar-refractivity contribution in [3.05, 3.63) is 84.2 Å². The number of anilines is 1. The quantitative estimate of drug-likeness (QED) is 0.511. The van der Waals surface area contributed by atoms with Crippen LogP contribution in [0.4, 0.5) is 10.1 Å². The van der Waals surface area contributed by atoms with Crippen LogP contribution in [0.15, 0.2) is 77.7 Å². The fourth-order valence-corrected chi connectivity index (χ4v) is 4.25. The van der Waals surface area contributed by atoms with Gasteiger partial charge in [-0.25, -0.2) is 12.8 Å². The number of ether oxygens (including phenoxy) is 2. The van der Waals surface area contributed by atoms with Gasteiger partial charge in [0.1, 0.15) is 12.4 Å². The lowest BCUT2D eigenvalue weighted by atomic mass is 10.2. The van der Waals surface area contributed by atoms with E-state index in [2.05, 4.69) is 5.32 Å². The van der Waals surface area contributed by atoms with Crippen LogP contribution < -0.4 is 19.1 Å². The van der Waals surface area contributed by atoms with Gasteiger partial charge in [-0.05, 0) is 61.5 Å². The second-order valence-corrected chi connectivity index (χ2v) is 9.28. The van der Waals surface area contributed by atoms with Crippen LogP contribution in [0, 0.1) is 5.82 Å². The molecule has 0 aliphatic carbocycles. The molecule has 0 aliphatic rings. The molecule has 1 N–H and O–H groups in total. The van der Waals surface area contributed by atoms with Gasteiger partial charge in [0.25, 0.3) is 15.9 Å². The van der Waals surface area contributed by atoms with Crippen molar-refractivity contribution in [1.29, 1.82) is 0 Å². The summed E-state index contributed by atoms with van der Waals surface area (Å²) < 4.78 is 51.5. The highest BCUT2D eigenvalue weighted by atomic mass is 32.2. The van der Waals surface area contributed by atoms with Gasteiger partial charge in [0.15, 0.2) is 11.6 Å². The van der Waals surface area contributed by atoms with Crippen LogP contribution in [0.25, 0.3) is 0 Å². The number of nitrogens with one attached hydrogen (secondary N) is 1. The number of nitrogens with zero attached hydrogens (tertiary/aromatic N) is 1. The zero-order valence-electron chi connectivity index (χ0n) is 18.5. The number of carbonyl (C=O) groups excluding carboxylic acids is 1. The number of halogens is 1. The van der Waals surface area contributed by atoms with Gasteiger partial charge in [-0.2, -0.15) is 0 Å². The van der Waals surface area contributed by atoms with E-state index in [1.165, 1.54) is 50.6 Å². The Kier molecular flexibility index (Phi) is 7.55. The number of para-hydroxylation sites is 1. The van der Waals surface area contributed by atoms with E-state index in [-0.39, 0.29) is 22.8 Å². The number of methoxy groups -OCH3 is 1. The molecule has 1 atom stereocenters. The van der Waals surface area contributed by atoms with E-state index in [9.17, 15) is 17.6 Å². The first-order valence-electron chi connectivity index (χ1n) is 10.1. The number of hydrogen-bond donors (Lipinski definition) is 1. The number of rotatable bonds is 9. The highest BCUT2D eigenvalue weighted by Crippen LogP contribution is 2.25. The first-order chi connectivity index (χ1) is 15.7. The minimum atomic E-state index is -3.90. The van der Waals surface area contributed by atoms with E-state index in [4.69, 9.17) is 9.47 Å². The molecule has 0 saturated heterocycles. The Morgan fingerprint density at radius 2 is 1.76 bits per heavy atom. The van der Waals surface area contributed by atoms with E-state index in [1.807, 2.05) is 0 Å². The van der Waals surface area contributed by atoms with Crippen molar-refractivity contribution >= 4 is 21.6 Å². The molecule has 0 spiro atoms. The SMILES string of the molecule is COc1ccc(N(C)S(=O)(=O)c2cccc(C(=O)NC(C)COc3ccccc3F)c2)cc1. The average Bonchev–Trinajstić information content (AvgIpc) is 2.83. The van der Waals surface area contributed by atoms with E-state index in [0.29, 0.717) is 11.4 Å². The van der Waals surface area contributed by atoms with Crippen molar-refractivity contribution in [2.24, 2.45) is 0 Å². The van der Waals surface area contributed by atoms with Gasteiger partial charge in [-0.3, -0.25) is 9.10 Å². The third-order valence-electron chi connectivity index (χ3n) is 4.89. The van der Waals surface area contributed by atoms with Gasteiger partial charge in [0, 0.05) is 12.6 Å². The van der Waals surface area contributed by atoms with Crippen molar-refractivity contribution in [2.75, 3.05) is 25.1 Å². The molecule has 1 amide bonds. The van der Waals surface area contributed by atoms with Crippen LogP contribution in [0.1, 0.15) is 17.3 Å². The average molecular weight is 473 g/mol. The third-order valence-corrected chi connectivity index (χ3v) is 6.68. The summed E-state index contributed by atoms with van der Waals surface area (Å²) in [4.78, 5) is 12.6. The summed E-state index contributed by atoms with van der Waals surface area (Å²) >= 11 is 0. The minimum absolute atomic E-state index is 0.0243. The lowest BCUT2D eigenvalue weighted by Gasteiger charge is -2.20. The third kappa shape index (κ3) is 5.81. The van der Waals surface area contributed by atoms with Gasteiger partial charge in [-0.15, -0.1) is 0 Å². The summed E-state index contributed by atoms with van der Waals surface area (Å²) in [6, 6.07) is 17.9. The molecular weight excluding hydrogens is 447 g/mol. The molecular formula is C24H25FN2O5S. The Morgan fingerprint density at radius 3 is 2.42 bits per heavy atom. The van der Waals surface area contributed by atoms with Crippen LogP contribution in [-0.4, -0.2) is 41.1 Å². The molecule has 0 aromatic heterocycles. The minimum Gasteiger partial charge on any atom is -0.497 e. The summed E-state index contributed by atoms with van der Waals surface area (Å²) in [6.07, 6.45) is 0. The monoisotopic (exact) mass is 472 g/mol. The molecule has 0 saturated carbocycles. The molecule has 0 aliphatic heterocycles. The summed E-state index contributed by atoms with van der Waals surface area (Å²) in [7, 11) is -0.938. The Balaban J connectivity index is 1.69. The normalized spacial score (nSPS) is 12.0. The Labute approximate surface area is 192 Å². The molecule has 1 unspecified atom stereocenters. The number of sulfonamides is 1. The van der Waals surface area contributed by atoms with Gasteiger partial charge >= 0.3 is 0 Å². The molecule has 0 bridgehead atoms. The van der Waals surface area contributed by atoms with Gasteiger partial charge in [0.05, 0.1) is 23.7 Å². The Hall–Kier alpha value is -3.59. The van der Waals surface area contributed by atoms with Crippen molar-refractivity contribution in [3.63, 3.8) is 0 Å².